The minimum absolute atomic E-state index is 0.0462. The van der Waals surface area contributed by atoms with Crippen LogP contribution >= 0.6 is 15.9 Å². The Balaban J connectivity index is 2.48. The van der Waals surface area contributed by atoms with Crippen molar-refractivity contribution in [2.45, 2.75) is 6.04 Å². The van der Waals surface area contributed by atoms with Crippen molar-refractivity contribution in [2.75, 3.05) is 14.2 Å². The Morgan fingerprint density at radius 1 is 1.44 bits per heavy atom. The van der Waals surface area contributed by atoms with E-state index in [1.807, 2.05) is 30.9 Å². The molecule has 0 fully saturated rings. The van der Waals surface area contributed by atoms with Gasteiger partial charge in [0, 0.05) is 11.5 Å². The fraction of sp³-hybridized carbons (Fsp3) is 0.308. The van der Waals surface area contributed by atoms with Crippen molar-refractivity contribution < 1.29 is 4.74 Å². The number of aromatic nitrogens is 2. The van der Waals surface area contributed by atoms with E-state index < -0.39 is 0 Å². The summed E-state index contributed by atoms with van der Waals surface area (Å²) in [6, 6.07) is 8.25. The van der Waals surface area contributed by atoms with Gasteiger partial charge in [0.25, 0.3) is 0 Å². The minimum Gasteiger partial charge on any atom is -0.493 e. The number of halogens is 1. The molecular formula is C13H16BrN3O. The fourth-order valence-corrected chi connectivity index (χ4v) is 2.48. The maximum Gasteiger partial charge on any atom is 0.161 e. The second kappa shape index (κ2) is 5.54. The number of rotatable bonds is 4. The smallest absolute Gasteiger partial charge is 0.161 e. The third-order valence-corrected chi connectivity index (χ3v) is 3.41. The summed E-state index contributed by atoms with van der Waals surface area (Å²) in [6.45, 7) is 0. The Labute approximate surface area is 115 Å². The zero-order valence-corrected chi connectivity index (χ0v) is 12.2. The highest BCUT2D eigenvalue weighted by Crippen LogP contribution is 2.30. The molecule has 1 atom stereocenters. The van der Waals surface area contributed by atoms with E-state index in [2.05, 4.69) is 38.5 Å². The molecule has 0 bridgehead atoms. The van der Waals surface area contributed by atoms with Gasteiger partial charge in [-0.15, -0.1) is 0 Å². The molecule has 1 aromatic heterocycles. The van der Waals surface area contributed by atoms with Crippen LogP contribution in [0.25, 0.3) is 0 Å². The number of ether oxygens (including phenoxy) is 1. The normalized spacial score (nSPS) is 12.4. The predicted molar refractivity (Wildman–Crippen MR) is 74.8 cm³/mol. The minimum atomic E-state index is 0.0462. The van der Waals surface area contributed by atoms with Crippen LogP contribution in [0.4, 0.5) is 0 Å². The lowest BCUT2D eigenvalue weighted by Crippen LogP contribution is -2.21. The molecule has 1 unspecified atom stereocenters. The van der Waals surface area contributed by atoms with E-state index in [0.717, 1.165) is 21.5 Å². The number of aryl methyl sites for hydroxylation is 1. The summed E-state index contributed by atoms with van der Waals surface area (Å²) in [4.78, 5) is 0. The van der Waals surface area contributed by atoms with Crippen molar-refractivity contribution in [3.8, 4) is 5.75 Å². The SMILES string of the molecule is CNC(c1cccc(Br)c1)c1c(OC)cnn1C. The molecule has 0 radical (unpaired) electrons. The highest BCUT2D eigenvalue weighted by molar-refractivity contribution is 9.10. The number of hydrogen-bond donors (Lipinski definition) is 1. The summed E-state index contributed by atoms with van der Waals surface area (Å²) >= 11 is 3.50. The largest absolute Gasteiger partial charge is 0.493 e. The van der Waals surface area contributed by atoms with Gasteiger partial charge in [-0.1, -0.05) is 28.1 Å². The van der Waals surface area contributed by atoms with Gasteiger partial charge in [0.05, 0.1) is 19.3 Å². The zero-order chi connectivity index (χ0) is 13.1. The maximum atomic E-state index is 5.37. The van der Waals surface area contributed by atoms with E-state index >= 15 is 0 Å². The van der Waals surface area contributed by atoms with Crippen LogP contribution in [-0.2, 0) is 7.05 Å². The second-order valence-corrected chi connectivity index (χ2v) is 4.91. The van der Waals surface area contributed by atoms with E-state index in [-0.39, 0.29) is 6.04 Å². The first-order chi connectivity index (χ1) is 8.67. The topological polar surface area (TPSA) is 39.1 Å². The van der Waals surface area contributed by atoms with Gasteiger partial charge in [-0.25, -0.2) is 0 Å². The molecule has 0 aliphatic carbocycles. The first kappa shape index (κ1) is 13.1. The molecule has 1 aromatic carbocycles. The molecule has 0 aliphatic heterocycles. The lowest BCUT2D eigenvalue weighted by Gasteiger charge is -2.18. The number of methoxy groups -OCH3 is 1. The summed E-state index contributed by atoms with van der Waals surface area (Å²) in [5, 5.41) is 7.55. The first-order valence-corrected chi connectivity index (χ1v) is 6.45. The third kappa shape index (κ3) is 2.42. The van der Waals surface area contributed by atoms with Gasteiger partial charge in [0.2, 0.25) is 0 Å². The number of nitrogens with zero attached hydrogens (tertiary/aromatic N) is 2. The molecule has 5 heteroatoms. The van der Waals surface area contributed by atoms with Gasteiger partial charge >= 0.3 is 0 Å². The first-order valence-electron chi connectivity index (χ1n) is 5.66. The summed E-state index contributed by atoms with van der Waals surface area (Å²) in [7, 11) is 5.51. The predicted octanol–water partition coefficient (Wildman–Crippen LogP) is 2.50. The average Bonchev–Trinajstić information content (AvgIpc) is 2.72. The van der Waals surface area contributed by atoms with E-state index in [1.54, 1.807) is 13.3 Å². The number of benzene rings is 1. The number of nitrogens with one attached hydrogen (secondary N) is 1. The molecule has 0 aliphatic rings. The molecule has 96 valence electrons. The molecule has 0 saturated carbocycles. The standard InChI is InChI=1S/C13H16BrN3O/c1-15-12(9-5-4-6-10(14)7-9)13-11(18-3)8-16-17(13)2/h4-8,12,15H,1-3H3. The molecule has 4 nitrogen and oxygen atoms in total. The van der Waals surface area contributed by atoms with Crippen LogP contribution in [0.5, 0.6) is 5.75 Å². The van der Waals surface area contributed by atoms with Crippen molar-refractivity contribution in [1.29, 1.82) is 0 Å². The Morgan fingerprint density at radius 2 is 2.22 bits per heavy atom. The Hall–Kier alpha value is -1.33. The van der Waals surface area contributed by atoms with Crippen LogP contribution in [0, 0.1) is 0 Å². The van der Waals surface area contributed by atoms with Crippen molar-refractivity contribution in [3.05, 3.63) is 46.2 Å². The van der Waals surface area contributed by atoms with E-state index in [4.69, 9.17) is 4.74 Å². The molecule has 18 heavy (non-hydrogen) atoms. The van der Waals surface area contributed by atoms with E-state index in [0.29, 0.717) is 0 Å². The molecule has 0 spiro atoms. The van der Waals surface area contributed by atoms with Crippen LogP contribution in [0.1, 0.15) is 17.3 Å². The fourth-order valence-electron chi connectivity index (χ4n) is 2.06. The lowest BCUT2D eigenvalue weighted by atomic mass is 10.0. The highest BCUT2D eigenvalue weighted by Gasteiger charge is 2.20. The van der Waals surface area contributed by atoms with Gasteiger partial charge in [-0.05, 0) is 24.7 Å². The quantitative estimate of drug-likeness (QED) is 0.943. The second-order valence-electron chi connectivity index (χ2n) is 4.00. The summed E-state index contributed by atoms with van der Waals surface area (Å²) < 4.78 is 8.26. The summed E-state index contributed by atoms with van der Waals surface area (Å²) in [5.41, 5.74) is 2.17. The average molecular weight is 310 g/mol. The zero-order valence-electron chi connectivity index (χ0n) is 10.6. The van der Waals surface area contributed by atoms with E-state index in [1.165, 1.54) is 0 Å². The van der Waals surface area contributed by atoms with Crippen LogP contribution in [-0.4, -0.2) is 23.9 Å². The van der Waals surface area contributed by atoms with Gasteiger partial charge in [0.1, 0.15) is 5.69 Å². The highest BCUT2D eigenvalue weighted by atomic mass is 79.9. The van der Waals surface area contributed by atoms with Crippen LogP contribution in [0.3, 0.4) is 0 Å². The number of hydrogen-bond acceptors (Lipinski definition) is 3. The van der Waals surface area contributed by atoms with Crippen LogP contribution in [0.15, 0.2) is 34.9 Å². The van der Waals surface area contributed by atoms with E-state index in [9.17, 15) is 0 Å². The van der Waals surface area contributed by atoms with Crippen molar-refractivity contribution in [2.24, 2.45) is 7.05 Å². The molecule has 1 heterocycles. The summed E-state index contributed by atoms with van der Waals surface area (Å²) in [6.07, 6.45) is 1.73. The van der Waals surface area contributed by atoms with Gasteiger partial charge in [0.15, 0.2) is 5.75 Å². The van der Waals surface area contributed by atoms with Crippen molar-refractivity contribution in [3.63, 3.8) is 0 Å². The van der Waals surface area contributed by atoms with Crippen molar-refractivity contribution >= 4 is 15.9 Å². The van der Waals surface area contributed by atoms with Crippen LogP contribution in [0.2, 0.25) is 0 Å². The van der Waals surface area contributed by atoms with Crippen molar-refractivity contribution in [1.82, 2.24) is 15.1 Å². The lowest BCUT2D eigenvalue weighted by molar-refractivity contribution is 0.402. The Morgan fingerprint density at radius 3 is 2.83 bits per heavy atom. The molecule has 2 aromatic rings. The van der Waals surface area contributed by atoms with Gasteiger partial charge < -0.3 is 10.1 Å². The van der Waals surface area contributed by atoms with Gasteiger partial charge in [-0.2, -0.15) is 5.10 Å². The molecule has 0 saturated heterocycles. The molecule has 1 N–H and O–H groups in total. The maximum absolute atomic E-state index is 5.37. The molecule has 0 amide bonds. The molecular weight excluding hydrogens is 294 g/mol. The summed E-state index contributed by atoms with van der Waals surface area (Å²) in [5.74, 6) is 0.789. The Bertz CT molecular complexity index is 539. The van der Waals surface area contributed by atoms with Crippen LogP contribution < -0.4 is 10.1 Å². The third-order valence-electron chi connectivity index (χ3n) is 2.91. The van der Waals surface area contributed by atoms with Gasteiger partial charge in [-0.3, -0.25) is 4.68 Å². The Kier molecular flexibility index (Phi) is 4.04. The monoisotopic (exact) mass is 309 g/mol. The molecule has 2 rings (SSSR count).